The van der Waals surface area contributed by atoms with Crippen LogP contribution in [0.3, 0.4) is 0 Å². The quantitative estimate of drug-likeness (QED) is 0.434. The Kier molecular flexibility index (Phi) is 11.1. The summed E-state index contributed by atoms with van der Waals surface area (Å²) in [6, 6.07) is 0. The van der Waals surface area contributed by atoms with Gasteiger partial charge in [0, 0.05) is 6.61 Å². The molecule has 2 N–H and O–H groups in total. The number of methoxy groups -OCH3 is 1. The first-order valence-electron chi connectivity index (χ1n) is 4.39. The minimum absolute atomic E-state index is 0.120. The maximum Gasteiger partial charge on any atom is 0.321 e. The molecule has 0 aliphatic carbocycles. The first-order chi connectivity index (χ1) is 7.46. The molecule has 0 fully saturated rings. The van der Waals surface area contributed by atoms with Crippen LogP contribution in [-0.2, 0) is 14.3 Å². The number of aliphatic hydroxyl groups is 2. The average molecular weight is 275 g/mol. The van der Waals surface area contributed by atoms with Gasteiger partial charge in [-0.05, 0) is 13.3 Å². The monoisotopic (exact) mass is 274 g/mol. The van der Waals surface area contributed by atoms with Crippen molar-refractivity contribution < 1.29 is 24.5 Å². The Balaban J connectivity index is 0. The molecule has 0 bridgehead atoms. The van der Waals surface area contributed by atoms with Crippen molar-refractivity contribution in [3.8, 4) is 0 Å². The molecule has 0 aromatic rings. The molecule has 5 nitrogen and oxygen atoms in total. The van der Waals surface area contributed by atoms with Gasteiger partial charge in [0.1, 0.15) is 5.78 Å². The molecule has 1 atom stereocenters. The summed E-state index contributed by atoms with van der Waals surface area (Å²) in [6.45, 7) is 0.188. The van der Waals surface area contributed by atoms with Crippen LogP contribution in [0.1, 0.15) is 13.3 Å². The number of hydrogen-bond donors (Lipinski definition) is 2. The smallest absolute Gasteiger partial charge is 0.321 e. The van der Waals surface area contributed by atoms with Crippen LogP contribution >= 0.6 is 23.2 Å². The number of ketones is 1. The second-order valence-electron chi connectivity index (χ2n) is 2.86. The van der Waals surface area contributed by atoms with Gasteiger partial charge in [-0.1, -0.05) is 0 Å². The van der Waals surface area contributed by atoms with E-state index in [4.69, 9.17) is 33.4 Å². The Hall–Kier alpha value is -0.360. The number of ether oxygens (including phenoxy) is 1. The molecule has 0 rings (SSSR count). The molecular weight excluding hydrogens is 259 g/mol. The van der Waals surface area contributed by atoms with Gasteiger partial charge in [-0.15, -0.1) is 23.2 Å². The minimum Gasteiger partial charge on any atom is -0.468 e. The number of carbonyl (C=O) groups excluding carboxylic acids is 2. The lowest BCUT2D eigenvalue weighted by Crippen LogP contribution is -2.43. The lowest BCUT2D eigenvalue weighted by atomic mass is 9.82. The molecular formula is C9H16Cl2O5. The first-order valence-corrected chi connectivity index (χ1v) is 5.46. The van der Waals surface area contributed by atoms with Crippen molar-refractivity contribution in [3.63, 3.8) is 0 Å². The Morgan fingerprint density at radius 2 is 1.75 bits per heavy atom. The van der Waals surface area contributed by atoms with Gasteiger partial charge in [0.2, 0.25) is 0 Å². The molecule has 0 saturated heterocycles. The van der Waals surface area contributed by atoms with E-state index in [0.29, 0.717) is 0 Å². The van der Waals surface area contributed by atoms with E-state index >= 15 is 0 Å². The van der Waals surface area contributed by atoms with Gasteiger partial charge in [0.05, 0.1) is 19.1 Å². The molecule has 0 saturated carbocycles. The Labute approximate surface area is 104 Å². The maximum absolute atomic E-state index is 11.2. The third-order valence-corrected chi connectivity index (χ3v) is 2.06. The second-order valence-corrected chi connectivity index (χ2v) is 3.67. The van der Waals surface area contributed by atoms with Crippen LogP contribution in [0.25, 0.3) is 0 Å². The SMILES string of the molecule is COC(=O)C(CO)(CCO)C(C)=O.ClCCl. The predicted octanol–water partition coefficient (Wildman–Crippen LogP) is 0.531. The van der Waals surface area contributed by atoms with Gasteiger partial charge in [0.15, 0.2) is 5.41 Å². The first kappa shape index (κ1) is 18.0. The number of esters is 1. The van der Waals surface area contributed by atoms with Crippen molar-refractivity contribution in [1.82, 2.24) is 0 Å². The predicted molar refractivity (Wildman–Crippen MR) is 60.5 cm³/mol. The van der Waals surface area contributed by atoms with E-state index < -0.39 is 23.8 Å². The minimum atomic E-state index is -1.59. The molecule has 0 radical (unpaired) electrons. The molecule has 0 aliphatic rings. The van der Waals surface area contributed by atoms with Crippen LogP contribution < -0.4 is 0 Å². The number of rotatable bonds is 5. The summed E-state index contributed by atoms with van der Waals surface area (Å²) in [6.07, 6.45) is -0.120. The van der Waals surface area contributed by atoms with Crippen LogP contribution in [0, 0.1) is 5.41 Å². The summed E-state index contributed by atoms with van der Waals surface area (Å²) in [4.78, 5) is 22.3. The summed E-state index contributed by atoms with van der Waals surface area (Å²) in [5.41, 5.74) is -1.59. The molecule has 7 heteroatoms. The van der Waals surface area contributed by atoms with Crippen molar-refractivity contribution in [2.75, 3.05) is 25.7 Å². The number of aliphatic hydroxyl groups excluding tert-OH is 2. The van der Waals surface area contributed by atoms with Crippen molar-refractivity contribution in [3.05, 3.63) is 0 Å². The van der Waals surface area contributed by atoms with Crippen LogP contribution in [0.4, 0.5) is 0 Å². The fourth-order valence-electron chi connectivity index (χ4n) is 1.06. The van der Waals surface area contributed by atoms with Gasteiger partial charge >= 0.3 is 5.97 Å². The highest BCUT2D eigenvalue weighted by atomic mass is 35.5. The van der Waals surface area contributed by atoms with Crippen molar-refractivity contribution in [1.29, 1.82) is 0 Å². The van der Waals surface area contributed by atoms with E-state index in [2.05, 4.69) is 4.74 Å². The Morgan fingerprint density at radius 3 is 1.94 bits per heavy atom. The third-order valence-electron chi connectivity index (χ3n) is 2.06. The summed E-state index contributed by atoms with van der Waals surface area (Å²) >= 11 is 9.53. The number of hydrogen-bond acceptors (Lipinski definition) is 5. The van der Waals surface area contributed by atoms with Gasteiger partial charge in [-0.25, -0.2) is 0 Å². The van der Waals surface area contributed by atoms with Gasteiger partial charge in [-0.3, -0.25) is 9.59 Å². The standard InChI is InChI=1S/C8H14O5.CH2Cl2/c1-6(11)8(5-10,3-4-9)7(12)13-2;2-1-3/h9-10H,3-5H2,1-2H3;1H2. The highest BCUT2D eigenvalue weighted by Crippen LogP contribution is 2.24. The van der Waals surface area contributed by atoms with Crippen molar-refractivity contribution in [2.45, 2.75) is 13.3 Å². The van der Waals surface area contributed by atoms with Crippen molar-refractivity contribution >= 4 is 35.0 Å². The molecule has 0 aromatic carbocycles. The Bertz CT molecular complexity index is 222. The lowest BCUT2D eigenvalue weighted by Gasteiger charge is -2.24. The molecule has 0 aromatic heterocycles. The second kappa shape index (κ2) is 9.84. The fraction of sp³-hybridized carbons (Fsp3) is 0.778. The van der Waals surface area contributed by atoms with E-state index in [1.807, 2.05) is 0 Å². The normalized spacial score (nSPS) is 13.1. The number of carbonyl (C=O) groups is 2. The molecule has 96 valence electrons. The molecule has 0 amide bonds. The van der Waals surface area contributed by atoms with Crippen molar-refractivity contribution in [2.24, 2.45) is 5.41 Å². The zero-order chi connectivity index (χ0) is 13.2. The summed E-state index contributed by atoms with van der Waals surface area (Å²) in [5.74, 6) is -1.31. The maximum atomic E-state index is 11.2. The molecule has 0 aliphatic heterocycles. The van der Waals surface area contributed by atoms with Crippen LogP contribution in [0.15, 0.2) is 0 Å². The third kappa shape index (κ3) is 5.12. The number of Topliss-reactive ketones (excluding diaryl/α,β-unsaturated/α-hetero) is 1. The number of halogens is 2. The fourth-order valence-corrected chi connectivity index (χ4v) is 1.06. The van der Waals surface area contributed by atoms with Crippen LogP contribution in [-0.4, -0.2) is 47.6 Å². The molecule has 0 spiro atoms. The largest absolute Gasteiger partial charge is 0.468 e. The van der Waals surface area contributed by atoms with E-state index in [-0.39, 0.29) is 18.4 Å². The van der Waals surface area contributed by atoms with E-state index in [9.17, 15) is 9.59 Å². The highest BCUT2D eigenvalue weighted by molar-refractivity contribution is 6.40. The van der Waals surface area contributed by atoms with Gasteiger partial charge < -0.3 is 14.9 Å². The zero-order valence-electron chi connectivity index (χ0n) is 9.20. The van der Waals surface area contributed by atoms with E-state index in [0.717, 1.165) is 7.11 Å². The van der Waals surface area contributed by atoms with Gasteiger partial charge in [-0.2, -0.15) is 0 Å². The summed E-state index contributed by atoms with van der Waals surface area (Å²) in [5, 5.41) is 17.8. The summed E-state index contributed by atoms with van der Waals surface area (Å²) in [7, 11) is 1.13. The summed E-state index contributed by atoms with van der Waals surface area (Å²) < 4.78 is 4.39. The number of alkyl halides is 2. The molecule has 1 unspecified atom stereocenters. The zero-order valence-corrected chi connectivity index (χ0v) is 10.7. The molecule has 0 heterocycles. The lowest BCUT2D eigenvalue weighted by molar-refractivity contribution is -0.161. The Morgan fingerprint density at radius 1 is 1.31 bits per heavy atom. The highest BCUT2D eigenvalue weighted by Gasteiger charge is 2.43. The topological polar surface area (TPSA) is 83.8 Å². The van der Waals surface area contributed by atoms with Gasteiger partial charge in [0.25, 0.3) is 0 Å². The van der Waals surface area contributed by atoms with Crippen LogP contribution in [0.5, 0.6) is 0 Å². The van der Waals surface area contributed by atoms with E-state index in [1.165, 1.54) is 6.92 Å². The van der Waals surface area contributed by atoms with Crippen LogP contribution in [0.2, 0.25) is 0 Å². The average Bonchev–Trinajstić information content (AvgIpc) is 2.25. The molecule has 16 heavy (non-hydrogen) atoms. The van der Waals surface area contributed by atoms with E-state index in [1.54, 1.807) is 0 Å².